The van der Waals surface area contributed by atoms with Gasteiger partial charge in [-0.15, -0.1) is 11.3 Å². The Bertz CT molecular complexity index is 1300. The second kappa shape index (κ2) is 8.27. The first-order chi connectivity index (χ1) is 15.5. The Labute approximate surface area is 188 Å². The summed E-state index contributed by atoms with van der Waals surface area (Å²) in [6.45, 7) is 5.45. The van der Waals surface area contributed by atoms with Gasteiger partial charge in [0, 0.05) is 5.39 Å². The number of aryl methyl sites for hydroxylation is 1. The number of fused-ring (bicyclic) bond motifs is 2. The summed E-state index contributed by atoms with van der Waals surface area (Å²) >= 11 is 1.40. The van der Waals surface area contributed by atoms with Crippen molar-refractivity contribution in [1.82, 2.24) is 15.1 Å². The van der Waals surface area contributed by atoms with Crippen LogP contribution in [0, 0.1) is 12.7 Å². The molecule has 1 aliphatic heterocycles. The highest BCUT2D eigenvalue weighted by Crippen LogP contribution is 2.33. The molecule has 1 amide bonds. The van der Waals surface area contributed by atoms with E-state index in [0.29, 0.717) is 30.4 Å². The van der Waals surface area contributed by atoms with Crippen molar-refractivity contribution in [3.8, 4) is 11.5 Å². The summed E-state index contributed by atoms with van der Waals surface area (Å²) in [5.41, 5.74) is 2.75. The lowest BCUT2D eigenvalue weighted by atomic mass is 10.1. The normalized spacial score (nSPS) is 13.8. The molecule has 0 fully saturated rings. The minimum atomic E-state index is -0.266. The molecule has 2 aromatic carbocycles. The van der Waals surface area contributed by atoms with Crippen LogP contribution in [0.5, 0.6) is 11.5 Å². The van der Waals surface area contributed by atoms with E-state index in [-0.39, 0.29) is 17.8 Å². The van der Waals surface area contributed by atoms with E-state index in [1.54, 1.807) is 12.1 Å². The fourth-order valence-corrected chi connectivity index (χ4v) is 4.84. The van der Waals surface area contributed by atoms with Crippen LogP contribution in [-0.2, 0) is 6.54 Å². The zero-order valence-corrected chi connectivity index (χ0v) is 18.5. The monoisotopic (exact) mass is 451 g/mol. The molecule has 0 saturated heterocycles. The van der Waals surface area contributed by atoms with Crippen LogP contribution in [0.25, 0.3) is 10.2 Å². The van der Waals surface area contributed by atoms with Gasteiger partial charge in [0.05, 0.1) is 23.2 Å². The zero-order chi connectivity index (χ0) is 22.2. The number of nitrogens with zero attached hydrogens (tertiary/aromatic N) is 2. The lowest BCUT2D eigenvalue weighted by molar-refractivity contribution is 0.0944. The molecule has 164 valence electrons. The van der Waals surface area contributed by atoms with Gasteiger partial charge in [-0.25, -0.2) is 4.39 Å². The molecular weight excluding hydrogens is 429 g/mol. The van der Waals surface area contributed by atoms with Crippen LogP contribution in [0.3, 0.4) is 0 Å². The Hall–Kier alpha value is -3.39. The number of carbonyl (C=O) groups excluding carboxylic acids is 1. The maximum absolute atomic E-state index is 13.2. The van der Waals surface area contributed by atoms with Gasteiger partial charge in [-0.3, -0.25) is 9.48 Å². The standard InChI is InChI=1S/C24H22FN3O3S/c1-14(17-5-8-20-21(11-17)31-10-9-30-20)26-23(29)22-12-19-15(2)27-28(24(19)32-22)13-16-3-6-18(25)7-4-16/h3-8,11-12,14H,9-10,13H2,1-2H3,(H,26,29). The predicted octanol–water partition coefficient (Wildman–Crippen LogP) is 4.86. The number of nitrogens with one attached hydrogen (secondary N) is 1. The molecule has 3 heterocycles. The highest BCUT2D eigenvalue weighted by atomic mass is 32.1. The van der Waals surface area contributed by atoms with E-state index in [0.717, 1.165) is 32.8 Å². The number of carbonyl (C=O) groups is 1. The van der Waals surface area contributed by atoms with Gasteiger partial charge in [0.1, 0.15) is 23.9 Å². The average Bonchev–Trinajstić information content (AvgIpc) is 3.36. The van der Waals surface area contributed by atoms with Gasteiger partial charge < -0.3 is 14.8 Å². The topological polar surface area (TPSA) is 65.4 Å². The Morgan fingerprint density at radius 1 is 1.16 bits per heavy atom. The molecule has 4 aromatic rings. The summed E-state index contributed by atoms with van der Waals surface area (Å²) in [4.78, 5) is 14.5. The number of amides is 1. The van der Waals surface area contributed by atoms with Gasteiger partial charge >= 0.3 is 0 Å². The third-order valence-electron chi connectivity index (χ3n) is 5.49. The molecule has 0 radical (unpaired) electrons. The lowest BCUT2D eigenvalue weighted by Crippen LogP contribution is -2.26. The van der Waals surface area contributed by atoms with Crippen molar-refractivity contribution in [2.75, 3.05) is 13.2 Å². The second-order valence-corrected chi connectivity index (χ2v) is 8.83. The molecule has 1 N–H and O–H groups in total. The molecule has 32 heavy (non-hydrogen) atoms. The van der Waals surface area contributed by atoms with E-state index < -0.39 is 0 Å². The minimum absolute atomic E-state index is 0.138. The SMILES string of the molecule is Cc1nn(Cc2ccc(F)cc2)c2sc(C(=O)NC(C)c3ccc4c(c3)OCCO4)cc12. The van der Waals surface area contributed by atoms with Gasteiger partial charge in [0.25, 0.3) is 5.91 Å². The van der Waals surface area contributed by atoms with Crippen LogP contribution >= 0.6 is 11.3 Å². The highest BCUT2D eigenvalue weighted by molar-refractivity contribution is 7.20. The van der Waals surface area contributed by atoms with E-state index in [9.17, 15) is 9.18 Å². The van der Waals surface area contributed by atoms with Crippen molar-refractivity contribution in [3.63, 3.8) is 0 Å². The van der Waals surface area contributed by atoms with Gasteiger partial charge in [0.15, 0.2) is 11.5 Å². The van der Waals surface area contributed by atoms with Crippen molar-refractivity contribution in [2.24, 2.45) is 0 Å². The third kappa shape index (κ3) is 3.93. The highest BCUT2D eigenvalue weighted by Gasteiger charge is 2.20. The van der Waals surface area contributed by atoms with Crippen molar-refractivity contribution in [1.29, 1.82) is 0 Å². The first-order valence-corrected chi connectivity index (χ1v) is 11.2. The van der Waals surface area contributed by atoms with Gasteiger partial charge in [-0.2, -0.15) is 5.10 Å². The summed E-state index contributed by atoms with van der Waals surface area (Å²) in [7, 11) is 0. The van der Waals surface area contributed by atoms with E-state index >= 15 is 0 Å². The number of aromatic nitrogens is 2. The Morgan fingerprint density at radius 2 is 1.91 bits per heavy atom. The minimum Gasteiger partial charge on any atom is -0.486 e. The number of ether oxygens (including phenoxy) is 2. The molecular formula is C24H22FN3O3S. The number of rotatable bonds is 5. The number of hydrogen-bond acceptors (Lipinski definition) is 5. The summed E-state index contributed by atoms with van der Waals surface area (Å²) in [6, 6.07) is 13.8. The van der Waals surface area contributed by atoms with Crippen LogP contribution < -0.4 is 14.8 Å². The Morgan fingerprint density at radius 3 is 2.69 bits per heavy atom. The fourth-order valence-electron chi connectivity index (χ4n) is 3.77. The van der Waals surface area contributed by atoms with Crippen LogP contribution in [0.2, 0.25) is 0 Å². The van der Waals surface area contributed by atoms with E-state index in [1.165, 1.54) is 23.5 Å². The van der Waals surface area contributed by atoms with E-state index in [4.69, 9.17) is 9.47 Å². The quantitative estimate of drug-likeness (QED) is 0.471. The molecule has 1 unspecified atom stereocenters. The van der Waals surface area contributed by atoms with Crippen LogP contribution in [0.1, 0.15) is 39.5 Å². The number of halogens is 1. The molecule has 0 saturated carbocycles. The van der Waals surface area contributed by atoms with Crippen molar-refractivity contribution >= 4 is 27.5 Å². The van der Waals surface area contributed by atoms with Gasteiger partial charge in [-0.1, -0.05) is 18.2 Å². The Kier molecular flexibility index (Phi) is 5.30. The molecule has 8 heteroatoms. The maximum Gasteiger partial charge on any atom is 0.261 e. The van der Waals surface area contributed by atoms with Crippen molar-refractivity contribution < 1.29 is 18.7 Å². The third-order valence-corrected chi connectivity index (χ3v) is 6.64. The summed E-state index contributed by atoms with van der Waals surface area (Å²) in [5, 5.41) is 8.61. The van der Waals surface area contributed by atoms with Crippen LogP contribution in [-0.4, -0.2) is 28.9 Å². The van der Waals surface area contributed by atoms with Crippen molar-refractivity contribution in [2.45, 2.75) is 26.4 Å². The summed E-state index contributed by atoms with van der Waals surface area (Å²) in [5.74, 6) is 1.02. The largest absolute Gasteiger partial charge is 0.486 e. The average molecular weight is 452 g/mol. The summed E-state index contributed by atoms with van der Waals surface area (Å²) in [6.07, 6.45) is 0. The Balaban J connectivity index is 1.35. The predicted molar refractivity (Wildman–Crippen MR) is 121 cm³/mol. The molecule has 0 aliphatic carbocycles. The van der Waals surface area contributed by atoms with Gasteiger partial charge in [-0.05, 0) is 55.3 Å². The molecule has 0 spiro atoms. The number of benzene rings is 2. The molecule has 5 rings (SSSR count). The molecule has 1 atom stereocenters. The number of thiophene rings is 1. The fraction of sp³-hybridized carbons (Fsp3) is 0.250. The maximum atomic E-state index is 13.2. The molecule has 6 nitrogen and oxygen atoms in total. The first-order valence-electron chi connectivity index (χ1n) is 10.4. The summed E-state index contributed by atoms with van der Waals surface area (Å²) < 4.78 is 26.3. The first kappa shape index (κ1) is 20.5. The molecule has 1 aliphatic rings. The smallest absolute Gasteiger partial charge is 0.261 e. The van der Waals surface area contributed by atoms with Gasteiger partial charge in [0.2, 0.25) is 0 Å². The number of hydrogen-bond donors (Lipinski definition) is 1. The van der Waals surface area contributed by atoms with E-state index in [1.807, 2.05) is 42.8 Å². The van der Waals surface area contributed by atoms with Crippen LogP contribution in [0.4, 0.5) is 4.39 Å². The van der Waals surface area contributed by atoms with Crippen LogP contribution in [0.15, 0.2) is 48.5 Å². The van der Waals surface area contributed by atoms with Crippen molar-refractivity contribution in [3.05, 3.63) is 76.0 Å². The van der Waals surface area contributed by atoms with E-state index in [2.05, 4.69) is 10.4 Å². The zero-order valence-electron chi connectivity index (χ0n) is 17.7. The molecule has 2 aromatic heterocycles. The lowest BCUT2D eigenvalue weighted by Gasteiger charge is -2.21. The second-order valence-electron chi connectivity index (χ2n) is 7.80. The molecule has 0 bridgehead atoms.